The molecular weight excluding hydrogens is 184 g/mol. The van der Waals surface area contributed by atoms with Crippen LogP contribution in [0.2, 0.25) is 0 Å². The Balaban J connectivity index is -0.000000320. The van der Waals surface area contributed by atoms with E-state index in [0.717, 1.165) is 0 Å². The number of hydrogen-bond donors (Lipinski definition) is 2. The molecule has 0 bridgehead atoms. The van der Waals surface area contributed by atoms with Gasteiger partial charge in [-0.15, -0.1) is 0 Å². The Bertz CT molecular complexity index is 165. The molecule has 0 aliphatic heterocycles. The van der Waals surface area contributed by atoms with Crippen molar-refractivity contribution in [2.45, 2.75) is 6.42 Å². The molecule has 0 fully saturated rings. The van der Waals surface area contributed by atoms with E-state index in [-0.39, 0.29) is 65.8 Å². The first-order chi connectivity index (χ1) is 4.06. The number of phosphoric acid groups is 1. The molecule has 0 aliphatic rings. The van der Waals surface area contributed by atoms with Crippen LogP contribution in [0.5, 0.6) is 0 Å². The van der Waals surface area contributed by atoms with Gasteiger partial charge in [-0.2, -0.15) is 5.26 Å². The predicted molar refractivity (Wildman–Crippen MR) is 29.3 cm³/mol. The van der Waals surface area contributed by atoms with Crippen LogP contribution in [0.1, 0.15) is 7.85 Å². The van der Waals surface area contributed by atoms with Crippen molar-refractivity contribution in [2.24, 2.45) is 0 Å². The van der Waals surface area contributed by atoms with Crippen molar-refractivity contribution in [3.05, 3.63) is 0 Å². The first kappa shape index (κ1) is 13.8. The van der Waals surface area contributed by atoms with Crippen molar-refractivity contribution >= 4 is 7.82 Å². The zero-order valence-electron chi connectivity index (χ0n) is 6.52. The van der Waals surface area contributed by atoms with E-state index in [1.54, 1.807) is 6.07 Å². The summed E-state index contributed by atoms with van der Waals surface area (Å²) in [7, 11) is -4.35. The van der Waals surface area contributed by atoms with Crippen molar-refractivity contribution in [1.82, 2.24) is 0 Å². The molecule has 0 saturated carbocycles. The van der Waals surface area contributed by atoms with Gasteiger partial charge in [0.25, 0.3) is 0 Å². The van der Waals surface area contributed by atoms with Crippen molar-refractivity contribution in [3.8, 4) is 6.07 Å². The summed E-state index contributed by atoms with van der Waals surface area (Å²) in [5.41, 5.74) is 0. The van der Waals surface area contributed by atoms with Crippen LogP contribution in [-0.2, 0) is 9.09 Å². The number of phosphoric ester groups is 1. The number of nitriles is 1. The molecule has 5 nitrogen and oxygen atoms in total. The van der Waals surface area contributed by atoms with Gasteiger partial charge < -0.3 is 11.2 Å². The molecule has 0 aromatic carbocycles. The van der Waals surface area contributed by atoms with Gasteiger partial charge in [0.1, 0.15) is 0 Å². The molecular formula is C3H7KNO4P. The van der Waals surface area contributed by atoms with E-state index in [4.69, 9.17) is 15.0 Å². The van der Waals surface area contributed by atoms with Crippen molar-refractivity contribution in [1.29, 1.82) is 5.26 Å². The molecule has 0 aromatic heterocycles. The van der Waals surface area contributed by atoms with E-state index in [1.165, 1.54) is 0 Å². The maximum absolute atomic E-state index is 9.87. The molecule has 0 aliphatic carbocycles. The summed E-state index contributed by atoms with van der Waals surface area (Å²) < 4.78 is 13.8. The second-order valence-electron chi connectivity index (χ2n) is 1.23. The molecule has 2 N–H and O–H groups in total. The minimum atomic E-state index is -4.35. The van der Waals surface area contributed by atoms with Gasteiger partial charge in [-0.3, -0.25) is 4.52 Å². The molecule has 0 amide bonds. The average Bonchev–Trinajstić information content (AvgIpc) is 1.63. The van der Waals surface area contributed by atoms with E-state index in [1.807, 2.05) is 0 Å². The molecule has 54 valence electrons. The maximum Gasteiger partial charge on any atom is 1.00 e. The quantitative estimate of drug-likeness (QED) is 0.284. The van der Waals surface area contributed by atoms with E-state index in [0.29, 0.717) is 0 Å². The summed E-state index contributed by atoms with van der Waals surface area (Å²) >= 11 is 0. The second kappa shape index (κ2) is 6.92. The largest absolute Gasteiger partial charge is 1.00 e. The summed E-state index contributed by atoms with van der Waals surface area (Å²) in [4.78, 5) is 16.0. The van der Waals surface area contributed by atoms with Crippen LogP contribution >= 0.6 is 7.82 Å². The van der Waals surface area contributed by atoms with Crippen LogP contribution in [0.15, 0.2) is 0 Å². The molecule has 0 rings (SSSR count). The molecule has 0 radical (unpaired) electrons. The third-order valence-corrected chi connectivity index (χ3v) is 0.992. The minimum Gasteiger partial charge on any atom is -1.00 e. The summed E-state index contributed by atoms with van der Waals surface area (Å²) in [6, 6.07) is 1.67. The van der Waals surface area contributed by atoms with Crippen LogP contribution in [0.3, 0.4) is 0 Å². The van der Waals surface area contributed by atoms with Crippen LogP contribution in [0.4, 0.5) is 0 Å². The fourth-order valence-electron chi connectivity index (χ4n) is 0.210. The van der Waals surface area contributed by atoms with Crippen LogP contribution in [0, 0.1) is 11.3 Å². The van der Waals surface area contributed by atoms with E-state index in [9.17, 15) is 4.57 Å². The Labute approximate surface area is 103 Å². The normalized spacial score (nSPS) is 9.70. The average molecular weight is 191 g/mol. The van der Waals surface area contributed by atoms with E-state index >= 15 is 0 Å². The molecule has 0 heterocycles. The molecule has 0 aromatic rings. The fourth-order valence-corrected chi connectivity index (χ4v) is 0.539. The summed E-state index contributed by atoms with van der Waals surface area (Å²) in [5, 5.41) is 7.88. The van der Waals surface area contributed by atoms with Gasteiger partial charge in [-0.1, -0.05) is 0 Å². The van der Waals surface area contributed by atoms with E-state index in [2.05, 4.69) is 4.52 Å². The second-order valence-corrected chi connectivity index (χ2v) is 2.47. The van der Waals surface area contributed by atoms with Gasteiger partial charge in [0.05, 0.1) is 19.1 Å². The molecule has 0 atom stereocenters. The summed E-state index contributed by atoms with van der Waals surface area (Å²) in [6.07, 6.45) is -0.00882. The van der Waals surface area contributed by atoms with E-state index < -0.39 is 7.82 Å². The predicted octanol–water partition coefficient (Wildman–Crippen LogP) is -2.87. The van der Waals surface area contributed by atoms with Gasteiger partial charge in [0.2, 0.25) is 0 Å². The Morgan fingerprint density at radius 3 is 2.50 bits per heavy atom. The SMILES string of the molecule is N#CCCOP(=O)(O)O.[H-].[K+]. The number of nitrogens with zero attached hydrogens (tertiary/aromatic N) is 1. The van der Waals surface area contributed by atoms with Gasteiger partial charge in [-0.25, -0.2) is 4.57 Å². The number of hydrogen-bond acceptors (Lipinski definition) is 3. The molecule has 0 saturated heterocycles. The van der Waals surface area contributed by atoms with Crippen LogP contribution in [0.25, 0.3) is 0 Å². The Morgan fingerprint density at radius 2 is 2.20 bits per heavy atom. The Kier molecular flexibility index (Phi) is 9.55. The molecule has 10 heavy (non-hydrogen) atoms. The van der Waals surface area contributed by atoms with Crippen molar-refractivity contribution < 1.29 is 71.7 Å². The zero-order chi connectivity index (χ0) is 7.33. The third-order valence-electron chi connectivity index (χ3n) is 0.473. The molecule has 7 heteroatoms. The van der Waals surface area contributed by atoms with Crippen molar-refractivity contribution in [2.75, 3.05) is 6.61 Å². The zero-order valence-corrected chi connectivity index (χ0v) is 9.54. The van der Waals surface area contributed by atoms with Crippen LogP contribution < -0.4 is 51.4 Å². The fraction of sp³-hybridized carbons (Fsp3) is 0.667. The van der Waals surface area contributed by atoms with Gasteiger partial charge in [0, 0.05) is 0 Å². The monoisotopic (exact) mass is 191 g/mol. The third kappa shape index (κ3) is 12.0. The summed E-state index contributed by atoms with van der Waals surface area (Å²) in [6.45, 7) is -0.221. The topological polar surface area (TPSA) is 90.5 Å². The van der Waals surface area contributed by atoms with Gasteiger partial charge >= 0.3 is 59.2 Å². The smallest absolute Gasteiger partial charge is 1.00 e. The van der Waals surface area contributed by atoms with Crippen molar-refractivity contribution in [3.63, 3.8) is 0 Å². The standard InChI is InChI=1S/C3H6NO4P.K.H/c4-2-1-3-8-9(5,6)7;;/h1,3H2,(H2,5,6,7);;/q;+1;-1. The maximum atomic E-state index is 9.87. The van der Waals surface area contributed by atoms with Gasteiger partial charge in [0.15, 0.2) is 0 Å². The van der Waals surface area contributed by atoms with Gasteiger partial charge in [-0.05, 0) is 0 Å². The Morgan fingerprint density at radius 1 is 1.70 bits per heavy atom. The Hall–Kier alpha value is 1.24. The number of rotatable bonds is 3. The molecule has 0 spiro atoms. The van der Waals surface area contributed by atoms with Crippen LogP contribution in [-0.4, -0.2) is 16.4 Å². The molecule has 0 unspecified atom stereocenters. The first-order valence-corrected chi connectivity index (χ1v) is 3.66. The summed E-state index contributed by atoms with van der Waals surface area (Å²) in [5.74, 6) is 0. The first-order valence-electron chi connectivity index (χ1n) is 2.13. The minimum absolute atomic E-state index is 0.